The van der Waals surface area contributed by atoms with Crippen molar-refractivity contribution in [3.05, 3.63) is 23.9 Å². The van der Waals surface area contributed by atoms with Crippen LogP contribution in [0.4, 0.5) is 5.69 Å². The second-order valence-electron chi connectivity index (χ2n) is 4.36. The van der Waals surface area contributed by atoms with E-state index in [1.165, 1.54) is 0 Å². The quantitative estimate of drug-likeness (QED) is 0.821. The maximum atomic E-state index is 11.8. The number of carbonyl (C=O) groups excluding carboxylic acids is 1. The number of hydrogen-bond donors (Lipinski definition) is 1. The number of carbonyl (C=O) groups is 1. The average molecular weight is 294 g/mol. The van der Waals surface area contributed by atoms with Crippen LogP contribution in [0.5, 0.6) is 0 Å². The molecule has 2 aromatic rings. The number of alkyl halides is 1. The van der Waals surface area contributed by atoms with E-state index in [2.05, 4.69) is 26.1 Å². The van der Waals surface area contributed by atoms with Crippen LogP contribution < -0.4 is 4.90 Å². The molecule has 17 heavy (non-hydrogen) atoms. The molecule has 0 saturated carbocycles. The molecule has 5 heteroatoms. The molecule has 0 bridgehead atoms. The van der Waals surface area contributed by atoms with Gasteiger partial charge in [0.25, 0.3) is 0 Å². The minimum absolute atomic E-state index is 0.165. The zero-order valence-corrected chi connectivity index (χ0v) is 11.0. The third-order valence-corrected chi connectivity index (χ3v) is 3.73. The van der Waals surface area contributed by atoms with E-state index in [1.807, 2.05) is 30.0 Å². The SMILES string of the molecule is Cc1[nH]nc2cc(N3CC(Br)CC3=O)ccc12. The lowest BCUT2D eigenvalue weighted by Crippen LogP contribution is -2.24. The van der Waals surface area contributed by atoms with Crippen molar-refractivity contribution in [2.24, 2.45) is 0 Å². The third-order valence-electron chi connectivity index (χ3n) is 3.12. The molecule has 1 fully saturated rings. The number of amides is 1. The first-order valence-electron chi connectivity index (χ1n) is 5.54. The monoisotopic (exact) mass is 293 g/mol. The highest BCUT2D eigenvalue weighted by Gasteiger charge is 2.28. The summed E-state index contributed by atoms with van der Waals surface area (Å²) in [7, 11) is 0. The van der Waals surface area contributed by atoms with Gasteiger partial charge >= 0.3 is 0 Å². The van der Waals surface area contributed by atoms with Crippen molar-refractivity contribution in [1.82, 2.24) is 10.2 Å². The Morgan fingerprint density at radius 3 is 3.06 bits per heavy atom. The van der Waals surface area contributed by atoms with Gasteiger partial charge in [-0.3, -0.25) is 9.89 Å². The van der Waals surface area contributed by atoms with Crippen LogP contribution >= 0.6 is 15.9 Å². The largest absolute Gasteiger partial charge is 0.311 e. The normalized spacial score (nSPS) is 20.5. The van der Waals surface area contributed by atoms with Crippen LogP contribution in [-0.4, -0.2) is 27.5 Å². The lowest BCUT2D eigenvalue weighted by atomic mass is 10.2. The molecule has 1 aliphatic rings. The highest BCUT2D eigenvalue weighted by molar-refractivity contribution is 9.09. The Morgan fingerprint density at radius 2 is 2.35 bits per heavy atom. The average Bonchev–Trinajstić information content (AvgIpc) is 2.82. The van der Waals surface area contributed by atoms with E-state index in [9.17, 15) is 4.79 Å². The van der Waals surface area contributed by atoms with Crippen molar-refractivity contribution in [1.29, 1.82) is 0 Å². The molecule has 3 rings (SSSR count). The summed E-state index contributed by atoms with van der Waals surface area (Å²) in [6.07, 6.45) is 0.567. The van der Waals surface area contributed by atoms with Crippen molar-refractivity contribution in [3.8, 4) is 0 Å². The molecule has 88 valence electrons. The number of hydrogen-bond acceptors (Lipinski definition) is 2. The van der Waals surface area contributed by atoms with Gasteiger partial charge in [-0.1, -0.05) is 15.9 Å². The first-order valence-corrected chi connectivity index (χ1v) is 6.46. The standard InChI is InChI=1S/C12H12BrN3O/c1-7-10-3-2-9(5-11(10)15-14-7)16-6-8(13)4-12(16)17/h2-3,5,8H,4,6H2,1H3,(H,14,15). The summed E-state index contributed by atoms with van der Waals surface area (Å²) in [5.74, 6) is 0.165. The maximum absolute atomic E-state index is 11.8. The van der Waals surface area contributed by atoms with Gasteiger partial charge in [0.2, 0.25) is 5.91 Å². The molecule has 0 aliphatic carbocycles. The molecule has 1 aromatic heterocycles. The predicted octanol–water partition coefficient (Wildman–Crippen LogP) is 2.37. The van der Waals surface area contributed by atoms with Gasteiger partial charge in [0.15, 0.2) is 0 Å². The van der Waals surface area contributed by atoms with Gasteiger partial charge in [0, 0.05) is 34.6 Å². The van der Waals surface area contributed by atoms with E-state index >= 15 is 0 Å². The van der Waals surface area contributed by atoms with Gasteiger partial charge in [0.1, 0.15) is 0 Å². The molecular formula is C12H12BrN3O. The fourth-order valence-electron chi connectivity index (χ4n) is 2.22. The Balaban J connectivity index is 2.03. The number of nitrogens with zero attached hydrogens (tertiary/aromatic N) is 2. The second kappa shape index (κ2) is 3.84. The smallest absolute Gasteiger partial charge is 0.228 e. The number of fused-ring (bicyclic) bond motifs is 1. The van der Waals surface area contributed by atoms with Crippen molar-refractivity contribution in [2.45, 2.75) is 18.2 Å². The summed E-state index contributed by atoms with van der Waals surface area (Å²) in [5.41, 5.74) is 2.89. The summed E-state index contributed by atoms with van der Waals surface area (Å²) >= 11 is 3.49. The molecule has 0 spiro atoms. The molecular weight excluding hydrogens is 282 g/mol. The molecule has 4 nitrogen and oxygen atoms in total. The summed E-state index contributed by atoms with van der Waals surface area (Å²) in [5, 5.41) is 8.28. The zero-order chi connectivity index (χ0) is 12.0. The van der Waals surface area contributed by atoms with Gasteiger partial charge in [-0.05, 0) is 25.1 Å². The molecule has 1 N–H and O–H groups in total. The molecule has 2 heterocycles. The van der Waals surface area contributed by atoms with E-state index in [0.29, 0.717) is 6.42 Å². The Hall–Kier alpha value is -1.36. The van der Waals surface area contributed by atoms with Gasteiger partial charge in [-0.25, -0.2) is 0 Å². The van der Waals surface area contributed by atoms with E-state index in [-0.39, 0.29) is 10.7 Å². The lowest BCUT2D eigenvalue weighted by molar-refractivity contribution is -0.117. The fraction of sp³-hybridized carbons (Fsp3) is 0.333. The van der Waals surface area contributed by atoms with Gasteiger partial charge in [-0.15, -0.1) is 0 Å². The van der Waals surface area contributed by atoms with Crippen molar-refractivity contribution < 1.29 is 4.79 Å². The number of H-pyrrole nitrogens is 1. The molecule has 1 unspecified atom stereocenters. The van der Waals surface area contributed by atoms with Crippen LogP contribution in [0.25, 0.3) is 10.9 Å². The van der Waals surface area contributed by atoms with Gasteiger partial charge in [-0.2, -0.15) is 5.10 Å². The summed E-state index contributed by atoms with van der Waals surface area (Å²) in [4.78, 5) is 13.9. The number of aryl methyl sites for hydroxylation is 1. The molecule has 1 saturated heterocycles. The highest BCUT2D eigenvalue weighted by Crippen LogP contribution is 2.28. The highest BCUT2D eigenvalue weighted by atomic mass is 79.9. The third kappa shape index (κ3) is 1.74. The second-order valence-corrected chi connectivity index (χ2v) is 5.65. The zero-order valence-electron chi connectivity index (χ0n) is 9.40. The van der Waals surface area contributed by atoms with E-state index in [0.717, 1.165) is 28.8 Å². The number of aromatic nitrogens is 2. The van der Waals surface area contributed by atoms with Crippen molar-refractivity contribution in [2.75, 3.05) is 11.4 Å². The Morgan fingerprint density at radius 1 is 1.53 bits per heavy atom. The number of benzene rings is 1. The number of halogens is 1. The Labute approximate surface area is 107 Å². The summed E-state index contributed by atoms with van der Waals surface area (Å²) in [6.45, 7) is 2.72. The minimum atomic E-state index is 0.165. The van der Waals surface area contributed by atoms with Crippen LogP contribution in [0.2, 0.25) is 0 Å². The number of nitrogens with one attached hydrogen (secondary N) is 1. The molecule has 1 aliphatic heterocycles. The van der Waals surface area contributed by atoms with Crippen molar-refractivity contribution in [3.63, 3.8) is 0 Å². The van der Waals surface area contributed by atoms with E-state index in [1.54, 1.807) is 0 Å². The number of rotatable bonds is 1. The van der Waals surface area contributed by atoms with Gasteiger partial charge < -0.3 is 4.90 Å². The van der Waals surface area contributed by atoms with Crippen LogP contribution in [0.1, 0.15) is 12.1 Å². The topological polar surface area (TPSA) is 49.0 Å². The first-order chi connectivity index (χ1) is 8.15. The number of anilines is 1. The summed E-state index contributed by atoms with van der Waals surface area (Å²) in [6, 6.07) is 5.95. The van der Waals surface area contributed by atoms with E-state index in [4.69, 9.17) is 0 Å². The van der Waals surface area contributed by atoms with Crippen LogP contribution in [0, 0.1) is 6.92 Å². The molecule has 1 aromatic carbocycles. The lowest BCUT2D eigenvalue weighted by Gasteiger charge is -2.15. The van der Waals surface area contributed by atoms with Crippen LogP contribution in [0.3, 0.4) is 0 Å². The number of aromatic amines is 1. The van der Waals surface area contributed by atoms with Crippen molar-refractivity contribution >= 4 is 38.4 Å². The van der Waals surface area contributed by atoms with E-state index < -0.39 is 0 Å². The Bertz CT molecular complexity index is 592. The maximum Gasteiger partial charge on any atom is 0.228 e. The Kier molecular flexibility index (Phi) is 2.43. The van der Waals surface area contributed by atoms with Crippen LogP contribution in [0.15, 0.2) is 18.2 Å². The summed E-state index contributed by atoms with van der Waals surface area (Å²) < 4.78 is 0. The fourth-order valence-corrected chi connectivity index (χ4v) is 2.78. The first kappa shape index (κ1) is 10.8. The minimum Gasteiger partial charge on any atom is -0.311 e. The molecule has 1 amide bonds. The van der Waals surface area contributed by atoms with Crippen LogP contribution in [-0.2, 0) is 4.79 Å². The molecule has 0 radical (unpaired) electrons. The van der Waals surface area contributed by atoms with Gasteiger partial charge in [0.05, 0.1) is 5.52 Å². The predicted molar refractivity (Wildman–Crippen MR) is 70.5 cm³/mol. The molecule has 1 atom stereocenters.